The molecule has 2 heterocycles. The molecule has 0 aliphatic heterocycles. The molecule has 2 aromatic heterocycles. The van der Waals surface area contributed by atoms with Gasteiger partial charge in [0.25, 0.3) is 12.3 Å². The normalized spacial score (nSPS) is 11.0. The van der Waals surface area contributed by atoms with Crippen LogP contribution < -0.4 is 14.8 Å². The molecule has 0 aliphatic carbocycles. The molecule has 0 saturated carbocycles. The number of alkyl halides is 2. The van der Waals surface area contributed by atoms with E-state index >= 15 is 0 Å². The number of aromatic amines is 1. The van der Waals surface area contributed by atoms with E-state index in [2.05, 4.69) is 20.3 Å². The number of pyridine rings is 1. The SMILES string of the molecule is COc1cccc(Oc2ccc(CNC(=O)c3ccc4nc(C(F)F)[nH]c4c3)cn2)c1. The van der Waals surface area contributed by atoms with Gasteiger partial charge in [0, 0.05) is 30.4 Å². The Bertz CT molecular complexity index is 1210. The first-order valence-electron chi connectivity index (χ1n) is 9.34. The third-order valence-electron chi connectivity index (χ3n) is 4.48. The number of amides is 1. The first kappa shape index (κ1) is 20.3. The monoisotopic (exact) mass is 424 g/mol. The minimum Gasteiger partial charge on any atom is -0.497 e. The van der Waals surface area contributed by atoms with E-state index in [-0.39, 0.29) is 12.5 Å². The minimum absolute atomic E-state index is 0.245. The average Bonchev–Trinajstić information content (AvgIpc) is 3.22. The van der Waals surface area contributed by atoms with Crippen molar-refractivity contribution in [1.29, 1.82) is 0 Å². The third kappa shape index (κ3) is 4.77. The van der Waals surface area contributed by atoms with Crippen LogP contribution in [0.25, 0.3) is 11.0 Å². The lowest BCUT2D eigenvalue weighted by molar-refractivity contribution is 0.0951. The Balaban J connectivity index is 1.37. The van der Waals surface area contributed by atoms with Gasteiger partial charge in [0.1, 0.15) is 11.5 Å². The summed E-state index contributed by atoms with van der Waals surface area (Å²) in [5.74, 6) is 0.914. The number of carbonyl (C=O) groups is 1. The second-order valence-corrected chi connectivity index (χ2v) is 6.62. The van der Waals surface area contributed by atoms with E-state index in [1.54, 1.807) is 37.6 Å². The Labute approximate surface area is 176 Å². The van der Waals surface area contributed by atoms with Crippen molar-refractivity contribution in [2.24, 2.45) is 0 Å². The van der Waals surface area contributed by atoms with Gasteiger partial charge < -0.3 is 19.8 Å². The molecule has 2 N–H and O–H groups in total. The number of nitrogens with zero attached hydrogens (tertiary/aromatic N) is 2. The standard InChI is InChI=1S/C22H18F2N4O3/c1-30-15-3-2-4-16(10-15)31-19-8-5-13(11-25-19)12-26-22(29)14-6-7-17-18(9-14)28-21(27-17)20(23)24/h2-11,20H,12H2,1H3,(H,26,29)(H,27,28). The quantitative estimate of drug-likeness (QED) is 0.452. The van der Waals surface area contributed by atoms with Crippen LogP contribution in [0.3, 0.4) is 0 Å². The summed E-state index contributed by atoms with van der Waals surface area (Å²) in [4.78, 5) is 23.0. The fourth-order valence-electron chi connectivity index (χ4n) is 2.92. The summed E-state index contributed by atoms with van der Waals surface area (Å²) in [5, 5.41) is 2.78. The second kappa shape index (κ2) is 8.78. The van der Waals surface area contributed by atoms with E-state index in [0.29, 0.717) is 34.0 Å². The summed E-state index contributed by atoms with van der Waals surface area (Å²) in [6.07, 6.45) is -1.10. The first-order valence-corrected chi connectivity index (χ1v) is 9.34. The van der Waals surface area contributed by atoms with Gasteiger partial charge in [-0.25, -0.2) is 18.7 Å². The highest BCUT2D eigenvalue weighted by Crippen LogP contribution is 2.24. The Hall–Kier alpha value is -4.01. The zero-order valence-electron chi connectivity index (χ0n) is 16.4. The van der Waals surface area contributed by atoms with Crippen molar-refractivity contribution < 1.29 is 23.0 Å². The number of carbonyl (C=O) groups excluding carboxylic acids is 1. The van der Waals surface area contributed by atoms with Gasteiger partial charge >= 0.3 is 0 Å². The van der Waals surface area contributed by atoms with Gasteiger partial charge in [0.2, 0.25) is 5.88 Å². The molecule has 31 heavy (non-hydrogen) atoms. The maximum absolute atomic E-state index is 12.8. The molecule has 0 atom stereocenters. The van der Waals surface area contributed by atoms with Gasteiger partial charge in [-0.1, -0.05) is 12.1 Å². The Morgan fingerprint density at radius 2 is 1.97 bits per heavy atom. The molecule has 0 bridgehead atoms. The molecule has 158 valence electrons. The number of hydrogen-bond donors (Lipinski definition) is 2. The van der Waals surface area contributed by atoms with Crippen molar-refractivity contribution in [3.63, 3.8) is 0 Å². The van der Waals surface area contributed by atoms with Gasteiger partial charge in [-0.05, 0) is 35.9 Å². The highest BCUT2D eigenvalue weighted by Gasteiger charge is 2.14. The molecule has 1 amide bonds. The Morgan fingerprint density at radius 3 is 2.71 bits per heavy atom. The summed E-state index contributed by atoms with van der Waals surface area (Å²) in [7, 11) is 1.58. The smallest absolute Gasteiger partial charge is 0.295 e. The van der Waals surface area contributed by atoms with Crippen molar-refractivity contribution >= 4 is 16.9 Å². The van der Waals surface area contributed by atoms with Crippen LogP contribution in [0.15, 0.2) is 60.8 Å². The number of hydrogen-bond acceptors (Lipinski definition) is 5. The maximum atomic E-state index is 12.8. The van der Waals surface area contributed by atoms with Crippen molar-refractivity contribution in [3.8, 4) is 17.4 Å². The summed E-state index contributed by atoms with van der Waals surface area (Å²) >= 11 is 0. The first-order chi connectivity index (χ1) is 15.0. The largest absolute Gasteiger partial charge is 0.497 e. The summed E-state index contributed by atoms with van der Waals surface area (Å²) in [5.41, 5.74) is 1.86. The molecule has 4 rings (SSSR count). The number of imidazole rings is 1. The van der Waals surface area contributed by atoms with Crippen LogP contribution in [0.2, 0.25) is 0 Å². The molecule has 0 spiro atoms. The number of nitrogens with one attached hydrogen (secondary N) is 2. The number of methoxy groups -OCH3 is 1. The number of halogens is 2. The van der Waals surface area contributed by atoms with Crippen LogP contribution >= 0.6 is 0 Å². The van der Waals surface area contributed by atoms with Crippen LogP contribution in [-0.2, 0) is 6.54 Å². The van der Waals surface area contributed by atoms with E-state index < -0.39 is 12.2 Å². The molecule has 7 nitrogen and oxygen atoms in total. The molecule has 0 saturated heterocycles. The number of fused-ring (bicyclic) bond motifs is 1. The number of rotatable bonds is 7. The molecule has 0 fully saturated rings. The van der Waals surface area contributed by atoms with Gasteiger partial charge in [-0.15, -0.1) is 0 Å². The van der Waals surface area contributed by atoms with Gasteiger partial charge in [0.05, 0.1) is 18.1 Å². The number of ether oxygens (including phenoxy) is 2. The van der Waals surface area contributed by atoms with Crippen LogP contribution in [0, 0.1) is 0 Å². The number of aromatic nitrogens is 3. The van der Waals surface area contributed by atoms with E-state index in [9.17, 15) is 13.6 Å². The molecule has 4 aromatic rings. The number of H-pyrrole nitrogens is 1. The Kier molecular flexibility index (Phi) is 5.74. The predicted octanol–water partition coefficient (Wildman–Crippen LogP) is 4.63. The Morgan fingerprint density at radius 1 is 1.13 bits per heavy atom. The summed E-state index contributed by atoms with van der Waals surface area (Å²) in [6.45, 7) is 0.245. The lowest BCUT2D eigenvalue weighted by Gasteiger charge is -2.08. The fraction of sp³-hybridized carbons (Fsp3) is 0.136. The van der Waals surface area contributed by atoms with Crippen molar-refractivity contribution in [3.05, 3.63) is 77.7 Å². The molecular weight excluding hydrogens is 406 g/mol. The third-order valence-corrected chi connectivity index (χ3v) is 4.48. The highest BCUT2D eigenvalue weighted by atomic mass is 19.3. The van der Waals surface area contributed by atoms with E-state index in [1.807, 2.05) is 12.1 Å². The minimum atomic E-state index is -2.70. The molecular formula is C22H18F2N4O3. The van der Waals surface area contributed by atoms with Gasteiger partial charge in [-0.3, -0.25) is 4.79 Å². The highest BCUT2D eigenvalue weighted by molar-refractivity contribution is 5.97. The van der Waals surface area contributed by atoms with Crippen LogP contribution in [0.1, 0.15) is 28.2 Å². The van der Waals surface area contributed by atoms with Crippen molar-refractivity contribution in [1.82, 2.24) is 20.3 Å². The van der Waals surface area contributed by atoms with Crippen LogP contribution in [0.5, 0.6) is 17.4 Å². The van der Waals surface area contributed by atoms with E-state index in [4.69, 9.17) is 9.47 Å². The lowest BCUT2D eigenvalue weighted by atomic mass is 10.2. The molecule has 0 aliphatic rings. The zero-order valence-corrected chi connectivity index (χ0v) is 16.4. The molecule has 0 radical (unpaired) electrons. The van der Waals surface area contributed by atoms with Crippen molar-refractivity contribution in [2.75, 3.05) is 7.11 Å². The number of benzene rings is 2. The summed E-state index contributed by atoms with van der Waals surface area (Å²) in [6, 6.07) is 15.2. The summed E-state index contributed by atoms with van der Waals surface area (Å²) < 4.78 is 36.4. The fourth-order valence-corrected chi connectivity index (χ4v) is 2.92. The van der Waals surface area contributed by atoms with Crippen LogP contribution in [-0.4, -0.2) is 28.0 Å². The van der Waals surface area contributed by atoms with Gasteiger partial charge in [0.15, 0.2) is 5.82 Å². The molecule has 9 heteroatoms. The van der Waals surface area contributed by atoms with Crippen LogP contribution in [0.4, 0.5) is 8.78 Å². The lowest BCUT2D eigenvalue weighted by Crippen LogP contribution is -2.22. The van der Waals surface area contributed by atoms with E-state index in [0.717, 1.165) is 5.56 Å². The predicted molar refractivity (Wildman–Crippen MR) is 110 cm³/mol. The molecule has 0 unspecified atom stereocenters. The topological polar surface area (TPSA) is 89.1 Å². The molecule has 2 aromatic carbocycles. The zero-order chi connectivity index (χ0) is 21.8. The average molecular weight is 424 g/mol. The van der Waals surface area contributed by atoms with Crippen molar-refractivity contribution in [2.45, 2.75) is 13.0 Å². The second-order valence-electron chi connectivity index (χ2n) is 6.62. The van der Waals surface area contributed by atoms with Gasteiger partial charge in [-0.2, -0.15) is 0 Å². The van der Waals surface area contributed by atoms with E-state index in [1.165, 1.54) is 18.2 Å². The maximum Gasteiger partial charge on any atom is 0.295 e.